The Morgan fingerprint density at radius 3 is 2.50 bits per heavy atom. The van der Waals surface area contributed by atoms with E-state index in [0.717, 1.165) is 12.1 Å². The number of amides is 1. The number of aliphatic carboxylic acids is 1. The predicted octanol–water partition coefficient (Wildman–Crippen LogP) is 2.51. The van der Waals surface area contributed by atoms with E-state index in [4.69, 9.17) is 9.84 Å². The van der Waals surface area contributed by atoms with Crippen LogP contribution < -0.4 is 0 Å². The van der Waals surface area contributed by atoms with Crippen LogP contribution in [0.2, 0.25) is 0 Å². The maximum Gasteiger partial charge on any atom is 0.416 e. The van der Waals surface area contributed by atoms with Crippen LogP contribution in [0, 0.1) is 0 Å². The standard InChI is InChI=1S/C16H18F3NO4/c1-10(11-2-4-12(5-3-11)16(17,18)19)8-14(21)20-6-7-24-13(9-20)15(22)23/h2-5,10,13H,6-9H2,1H3,(H,22,23)/t10-,13-/m0/s1. The fraction of sp³-hybridized carbons (Fsp3) is 0.500. The molecule has 1 amide bonds. The average Bonchev–Trinajstić information content (AvgIpc) is 2.54. The highest BCUT2D eigenvalue weighted by atomic mass is 19.4. The number of hydrogen-bond acceptors (Lipinski definition) is 3. The Morgan fingerprint density at radius 1 is 1.33 bits per heavy atom. The molecule has 2 atom stereocenters. The quantitative estimate of drug-likeness (QED) is 0.911. The highest BCUT2D eigenvalue weighted by molar-refractivity contribution is 5.79. The van der Waals surface area contributed by atoms with Gasteiger partial charge in [0, 0.05) is 13.0 Å². The molecule has 1 N–H and O–H groups in total. The molecule has 132 valence electrons. The first-order chi connectivity index (χ1) is 11.2. The highest BCUT2D eigenvalue weighted by Gasteiger charge is 2.31. The molecule has 0 aromatic heterocycles. The number of benzene rings is 1. The van der Waals surface area contributed by atoms with Gasteiger partial charge in [-0.3, -0.25) is 4.79 Å². The molecule has 24 heavy (non-hydrogen) atoms. The topological polar surface area (TPSA) is 66.8 Å². The zero-order valence-corrected chi connectivity index (χ0v) is 13.0. The van der Waals surface area contributed by atoms with Gasteiger partial charge in [0.2, 0.25) is 5.91 Å². The van der Waals surface area contributed by atoms with Gasteiger partial charge in [0.05, 0.1) is 18.7 Å². The second kappa shape index (κ2) is 7.21. The van der Waals surface area contributed by atoms with Gasteiger partial charge in [-0.2, -0.15) is 13.2 Å². The molecule has 1 heterocycles. The van der Waals surface area contributed by atoms with E-state index in [1.807, 2.05) is 0 Å². The Bertz CT molecular complexity index is 600. The van der Waals surface area contributed by atoms with Crippen LogP contribution in [0.3, 0.4) is 0 Å². The number of carbonyl (C=O) groups is 2. The van der Waals surface area contributed by atoms with E-state index in [1.165, 1.54) is 17.0 Å². The number of halogens is 3. The summed E-state index contributed by atoms with van der Waals surface area (Å²) < 4.78 is 42.7. The van der Waals surface area contributed by atoms with Crippen LogP contribution in [0.25, 0.3) is 0 Å². The Morgan fingerprint density at radius 2 is 1.96 bits per heavy atom. The van der Waals surface area contributed by atoms with Gasteiger partial charge >= 0.3 is 12.1 Å². The Kier molecular flexibility index (Phi) is 5.48. The lowest BCUT2D eigenvalue weighted by Gasteiger charge is -2.31. The van der Waals surface area contributed by atoms with E-state index >= 15 is 0 Å². The minimum atomic E-state index is -4.39. The van der Waals surface area contributed by atoms with Crippen molar-refractivity contribution < 1.29 is 32.6 Å². The van der Waals surface area contributed by atoms with E-state index < -0.39 is 23.8 Å². The molecule has 2 rings (SSSR count). The molecule has 0 saturated carbocycles. The molecule has 8 heteroatoms. The summed E-state index contributed by atoms with van der Waals surface area (Å²) in [6.07, 6.45) is -5.33. The van der Waals surface area contributed by atoms with Gasteiger partial charge in [-0.05, 0) is 23.6 Å². The zero-order valence-electron chi connectivity index (χ0n) is 13.0. The maximum atomic E-state index is 12.6. The van der Waals surface area contributed by atoms with Crippen LogP contribution in [-0.2, 0) is 20.5 Å². The van der Waals surface area contributed by atoms with Gasteiger partial charge in [-0.25, -0.2) is 4.79 Å². The maximum absolute atomic E-state index is 12.6. The fourth-order valence-corrected chi connectivity index (χ4v) is 2.53. The van der Waals surface area contributed by atoms with Crippen molar-refractivity contribution in [2.45, 2.75) is 31.5 Å². The molecule has 0 unspecified atom stereocenters. The van der Waals surface area contributed by atoms with E-state index in [9.17, 15) is 22.8 Å². The largest absolute Gasteiger partial charge is 0.479 e. The number of carboxylic acids is 1. The lowest BCUT2D eigenvalue weighted by molar-refractivity contribution is -0.159. The molecule has 0 radical (unpaired) electrons. The van der Waals surface area contributed by atoms with E-state index in [-0.39, 0.29) is 31.4 Å². The third kappa shape index (κ3) is 4.47. The molecule has 1 aliphatic heterocycles. The predicted molar refractivity (Wildman–Crippen MR) is 78.4 cm³/mol. The molecule has 5 nitrogen and oxygen atoms in total. The van der Waals surface area contributed by atoms with Crippen LogP contribution in [0.15, 0.2) is 24.3 Å². The normalized spacial score (nSPS) is 19.8. The van der Waals surface area contributed by atoms with E-state index in [1.54, 1.807) is 6.92 Å². The fourth-order valence-electron chi connectivity index (χ4n) is 2.53. The number of carbonyl (C=O) groups excluding carboxylic acids is 1. The van der Waals surface area contributed by atoms with Crippen molar-refractivity contribution >= 4 is 11.9 Å². The van der Waals surface area contributed by atoms with Gasteiger partial charge < -0.3 is 14.7 Å². The first-order valence-corrected chi connectivity index (χ1v) is 7.48. The lowest BCUT2D eigenvalue weighted by atomic mass is 9.96. The molecule has 0 spiro atoms. The number of rotatable bonds is 4. The van der Waals surface area contributed by atoms with Gasteiger partial charge in [-0.1, -0.05) is 19.1 Å². The molecular weight excluding hydrogens is 327 g/mol. The van der Waals surface area contributed by atoms with Gasteiger partial charge in [0.15, 0.2) is 6.10 Å². The molecular formula is C16H18F3NO4. The van der Waals surface area contributed by atoms with Gasteiger partial charge in [-0.15, -0.1) is 0 Å². The first kappa shape index (κ1) is 18.3. The number of nitrogens with zero attached hydrogens (tertiary/aromatic N) is 1. The summed E-state index contributed by atoms with van der Waals surface area (Å²) in [7, 11) is 0. The van der Waals surface area contributed by atoms with Crippen molar-refractivity contribution in [3.8, 4) is 0 Å². The molecule has 1 saturated heterocycles. The van der Waals surface area contributed by atoms with Gasteiger partial charge in [0.25, 0.3) is 0 Å². The first-order valence-electron chi connectivity index (χ1n) is 7.48. The SMILES string of the molecule is C[C@@H](CC(=O)N1CCO[C@H](C(=O)O)C1)c1ccc(C(F)(F)F)cc1. The van der Waals surface area contributed by atoms with Crippen LogP contribution >= 0.6 is 0 Å². The van der Waals surface area contributed by atoms with Crippen LogP contribution in [0.1, 0.15) is 30.4 Å². The van der Waals surface area contributed by atoms with E-state index in [0.29, 0.717) is 12.1 Å². The van der Waals surface area contributed by atoms with Crippen molar-refractivity contribution in [3.05, 3.63) is 35.4 Å². The number of carboxylic acid groups (broad SMARTS) is 1. The van der Waals surface area contributed by atoms with Crippen molar-refractivity contribution in [1.29, 1.82) is 0 Å². The van der Waals surface area contributed by atoms with E-state index in [2.05, 4.69) is 0 Å². The lowest BCUT2D eigenvalue weighted by Crippen LogP contribution is -2.48. The molecule has 1 aromatic carbocycles. The summed E-state index contributed by atoms with van der Waals surface area (Å²) in [5, 5.41) is 8.93. The summed E-state index contributed by atoms with van der Waals surface area (Å²) in [6.45, 7) is 2.18. The minimum absolute atomic E-state index is 0.0199. The number of morpholine rings is 1. The Balaban J connectivity index is 1.97. The van der Waals surface area contributed by atoms with Crippen molar-refractivity contribution in [2.24, 2.45) is 0 Å². The van der Waals surface area contributed by atoms with Crippen LogP contribution in [0.5, 0.6) is 0 Å². The summed E-state index contributed by atoms with van der Waals surface area (Å²) >= 11 is 0. The minimum Gasteiger partial charge on any atom is -0.479 e. The Labute approximate surface area is 137 Å². The van der Waals surface area contributed by atoms with Crippen molar-refractivity contribution in [1.82, 2.24) is 4.90 Å². The zero-order chi connectivity index (χ0) is 17.9. The monoisotopic (exact) mass is 345 g/mol. The second-order valence-electron chi connectivity index (χ2n) is 5.76. The number of alkyl halides is 3. The Hall–Kier alpha value is -2.09. The molecule has 1 aromatic rings. The summed E-state index contributed by atoms with van der Waals surface area (Å²) in [5.74, 6) is -1.63. The van der Waals surface area contributed by atoms with Crippen molar-refractivity contribution in [3.63, 3.8) is 0 Å². The average molecular weight is 345 g/mol. The summed E-state index contributed by atoms with van der Waals surface area (Å²) in [5.41, 5.74) is -0.110. The molecule has 1 aliphatic rings. The van der Waals surface area contributed by atoms with Crippen molar-refractivity contribution in [2.75, 3.05) is 19.7 Å². The van der Waals surface area contributed by atoms with Gasteiger partial charge in [0.1, 0.15) is 0 Å². The van der Waals surface area contributed by atoms with Crippen LogP contribution in [-0.4, -0.2) is 47.7 Å². The summed E-state index contributed by atoms with van der Waals surface area (Å²) in [6, 6.07) is 4.71. The molecule has 1 fully saturated rings. The van der Waals surface area contributed by atoms with Crippen LogP contribution in [0.4, 0.5) is 13.2 Å². The smallest absolute Gasteiger partial charge is 0.416 e. The second-order valence-corrected chi connectivity index (χ2v) is 5.76. The third-order valence-corrected chi connectivity index (χ3v) is 3.98. The number of hydrogen-bond donors (Lipinski definition) is 1. The molecule has 0 aliphatic carbocycles. The summed E-state index contributed by atoms with van der Waals surface area (Å²) in [4.78, 5) is 24.6. The number of ether oxygens (including phenoxy) is 1. The molecule has 0 bridgehead atoms. The third-order valence-electron chi connectivity index (χ3n) is 3.98. The highest BCUT2D eigenvalue weighted by Crippen LogP contribution is 2.30.